The van der Waals surface area contributed by atoms with E-state index in [9.17, 15) is 22.8 Å². The molecule has 0 heterocycles. The smallest absolute Gasteiger partial charge is 0.412 e. The van der Waals surface area contributed by atoms with Crippen LogP contribution in [0.5, 0.6) is 0 Å². The van der Waals surface area contributed by atoms with Crippen LogP contribution in [0.1, 0.15) is 11.6 Å². The Bertz CT molecular complexity index is 505. The Morgan fingerprint density at radius 1 is 1.29 bits per heavy atom. The van der Waals surface area contributed by atoms with Crippen molar-refractivity contribution in [3.05, 3.63) is 34.9 Å². The van der Waals surface area contributed by atoms with Gasteiger partial charge in [-0.15, -0.1) is 0 Å². The van der Waals surface area contributed by atoms with Gasteiger partial charge in [-0.25, -0.2) is 4.79 Å². The molecule has 0 bridgehead atoms. The van der Waals surface area contributed by atoms with Crippen molar-refractivity contribution in [1.82, 2.24) is 10.6 Å². The maximum absolute atomic E-state index is 13.0. The summed E-state index contributed by atoms with van der Waals surface area (Å²) >= 11 is 5.61. The summed E-state index contributed by atoms with van der Waals surface area (Å²) in [5.74, 6) is -1.00. The van der Waals surface area contributed by atoms with Gasteiger partial charge in [-0.2, -0.15) is 13.2 Å². The van der Waals surface area contributed by atoms with Crippen LogP contribution in [0, 0.1) is 0 Å². The first kappa shape index (κ1) is 17.1. The van der Waals surface area contributed by atoms with Crippen molar-refractivity contribution >= 4 is 23.6 Å². The Balaban J connectivity index is 2.78. The van der Waals surface area contributed by atoms with E-state index in [2.05, 4.69) is 4.74 Å². The molecule has 0 saturated heterocycles. The van der Waals surface area contributed by atoms with E-state index < -0.39 is 30.8 Å². The molecule has 0 saturated carbocycles. The van der Waals surface area contributed by atoms with Crippen molar-refractivity contribution in [3.63, 3.8) is 0 Å². The number of carbonyl (C=O) groups is 2. The quantitative estimate of drug-likeness (QED) is 0.893. The standard InChI is InChI=1S/C12H12ClF3N2O3/c1-21-11(20)17-6-9(19)18-10(12(14,15)16)7-2-4-8(13)5-3-7/h2-5,10H,6H2,1H3,(H,17,20)(H,18,19)/t10-/m1/s1. The molecule has 0 fully saturated rings. The zero-order chi connectivity index (χ0) is 16.0. The van der Waals surface area contributed by atoms with E-state index in [1.165, 1.54) is 12.1 Å². The van der Waals surface area contributed by atoms with Gasteiger partial charge >= 0.3 is 12.3 Å². The molecule has 0 aromatic heterocycles. The predicted octanol–water partition coefficient (Wildman–Crippen LogP) is 2.42. The molecular formula is C12H12ClF3N2O3. The minimum absolute atomic E-state index is 0.168. The molecule has 21 heavy (non-hydrogen) atoms. The number of halogens is 4. The zero-order valence-electron chi connectivity index (χ0n) is 10.8. The molecule has 0 radical (unpaired) electrons. The number of methoxy groups -OCH3 is 1. The molecule has 0 spiro atoms. The van der Waals surface area contributed by atoms with Crippen LogP contribution in [0.25, 0.3) is 0 Å². The highest BCUT2D eigenvalue weighted by Gasteiger charge is 2.41. The molecule has 0 aliphatic heterocycles. The average molecular weight is 325 g/mol. The fourth-order valence-corrected chi connectivity index (χ4v) is 1.57. The number of amides is 2. The van der Waals surface area contributed by atoms with Gasteiger partial charge in [-0.1, -0.05) is 23.7 Å². The Morgan fingerprint density at radius 3 is 2.33 bits per heavy atom. The van der Waals surface area contributed by atoms with Crippen molar-refractivity contribution in [1.29, 1.82) is 0 Å². The summed E-state index contributed by atoms with van der Waals surface area (Å²) in [6.07, 6.45) is -5.60. The minimum atomic E-state index is -4.69. The Labute approximate surface area is 123 Å². The lowest BCUT2D eigenvalue weighted by atomic mass is 10.1. The summed E-state index contributed by atoms with van der Waals surface area (Å²) in [6.45, 7) is -0.632. The van der Waals surface area contributed by atoms with Gasteiger partial charge in [0.1, 0.15) is 6.54 Å². The van der Waals surface area contributed by atoms with Crippen molar-refractivity contribution in [2.24, 2.45) is 0 Å². The highest BCUT2D eigenvalue weighted by Crippen LogP contribution is 2.33. The first-order valence-electron chi connectivity index (χ1n) is 5.67. The number of benzene rings is 1. The molecule has 9 heteroatoms. The first-order chi connectivity index (χ1) is 9.74. The van der Waals surface area contributed by atoms with Crippen LogP contribution in [-0.4, -0.2) is 31.8 Å². The van der Waals surface area contributed by atoms with Gasteiger partial charge in [0.15, 0.2) is 6.04 Å². The molecule has 1 atom stereocenters. The van der Waals surface area contributed by atoms with Crippen molar-refractivity contribution in [2.45, 2.75) is 12.2 Å². The van der Waals surface area contributed by atoms with E-state index in [-0.39, 0.29) is 10.6 Å². The Kier molecular flexibility index (Phi) is 5.83. The van der Waals surface area contributed by atoms with E-state index in [4.69, 9.17) is 11.6 Å². The van der Waals surface area contributed by atoms with Crippen molar-refractivity contribution in [2.75, 3.05) is 13.7 Å². The third-order valence-corrected chi connectivity index (χ3v) is 2.67. The van der Waals surface area contributed by atoms with Gasteiger partial charge in [-0.3, -0.25) is 4.79 Å². The second-order valence-corrected chi connectivity index (χ2v) is 4.38. The van der Waals surface area contributed by atoms with Gasteiger partial charge in [0.2, 0.25) is 5.91 Å². The van der Waals surface area contributed by atoms with Gasteiger partial charge in [0.25, 0.3) is 0 Å². The minimum Gasteiger partial charge on any atom is -0.453 e. The van der Waals surface area contributed by atoms with Gasteiger partial charge in [0.05, 0.1) is 7.11 Å². The molecule has 1 aromatic carbocycles. The summed E-state index contributed by atoms with van der Waals surface area (Å²) in [4.78, 5) is 22.2. The van der Waals surface area contributed by atoms with Crippen LogP contribution >= 0.6 is 11.6 Å². The molecule has 2 amide bonds. The summed E-state index contributed by atoms with van der Waals surface area (Å²) < 4.78 is 43.1. The second-order valence-electron chi connectivity index (χ2n) is 3.94. The number of alkyl halides is 3. The van der Waals surface area contributed by atoms with Gasteiger partial charge in [0, 0.05) is 5.02 Å². The number of alkyl carbamates (subject to hydrolysis) is 1. The van der Waals surface area contributed by atoms with Crippen LogP contribution in [0.3, 0.4) is 0 Å². The van der Waals surface area contributed by atoms with Crippen molar-refractivity contribution in [3.8, 4) is 0 Å². The van der Waals surface area contributed by atoms with E-state index in [0.717, 1.165) is 19.2 Å². The number of carbonyl (C=O) groups excluding carboxylic acids is 2. The van der Waals surface area contributed by atoms with Crippen molar-refractivity contribution < 1.29 is 27.5 Å². The largest absolute Gasteiger partial charge is 0.453 e. The lowest BCUT2D eigenvalue weighted by Gasteiger charge is -2.22. The molecule has 0 aliphatic carbocycles. The third-order valence-electron chi connectivity index (χ3n) is 2.41. The van der Waals surface area contributed by atoms with Crippen LogP contribution in [-0.2, 0) is 9.53 Å². The Morgan fingerprint density at radius 2 is 1.86 bits per heavy atom. The number of ether oxygens (including phenoxy) is 1. The molecule has 2 N–H and O–H groups in total. The highest BCUT2D eigenvalue weighted by atomic mass is 35.5. The van der Waals surface area contributed by atoms with Crippen LogP contribution in [0.15, 0.2) is 24.3 Å². The first-order valence-corrected chi connectivity index (χ1v) is 6.05. The zero-order valence-corrected chi connectivity index (χ0v) is 11.6. The maximum Gasteiger partial charge on any atom is 0.412 e. The molecule has 1 rings (SSSR count). The molecule has 5 nitrogen and oxygen atoms in total. The lowest BCUT2D eigenvalue weighted by Crippen LogP contribution is -2.43. The summed E-state index contributed by atoms with van der Waals surface area (Å²) in [5, 5.41) is 4.06. The number of hydrogen-bond acceptors (Lipinski definition) is 3. The molecule has 0 aliphatic rings. The molecule has 1 aromatic rings. The normalized spacial score (nSPS) is 12.4. The topological polar surface area (TPSA) is 67.4 Å². The number of nitrogens with one attached hydrogen (secondary N) is 2. The van der Waals surface area contributed by atoms with Crippen LogP contribution in [0.2, 0.25) is 5.02 Å². The van der Waals surface area contributed by atoms with Gasteiger partial charge in [-0.05, 0) is 17.7 Å². The molecule has 0 unspecified atom stereocenters. The summed E-state index contributed by atoms with van der Waals surface area (Å²) in [7, 11) is 1.07. The SMILES string of the molecule is COC(=O)NCC(=O)N[C@H](c1ccc(Cl)cc1)C(F)(F)F. The van der Waals surface area contributed by atoms with E-state index in [1.807, 2.05) is 5.32 Å². The van der Waals surface area contributed by atoms with Gasteiger partial charge < -0.3 is 15.4 Å². The molecule has 116 valence electrons. The van der Waals surface area contributed by atoms with Crippen LogP contribution < -0.4 is 10.6 Å². The number of rotatable bonds is 4. The average Bonchev–Trinajstić information content (AvgIpc) is 2.42. The Hall–Kier alpha value is -1.96. The highest BCUT2D eigenvalue weighted by molar-refractivity contribution is 6.30. The lowest BCUT2D eigenvalue weighted by molar-refractivity contribution is -0.163. The van der Waals surface area contributed by atoms with E-state index in [1.54, 1.807) is 5.32 Å². The fraction of sp³-hybridized carbons (Fsp3) is 0.333. The van der Waals surface area contributed by atoms with Crippen LogP contribution in [0.4, 0.5) is 18.0 Å². The summed E-state index contributed by atoms with van der Waals surface area (Å²) in [6, 6.07) is 2.70. The molecular weight excluding hydrogens is 313 g/mol. The summed E-state index contributed by atoms with van der Waals surface area (Å²) in [5.41, 5.74) is -0.168. The monoisotopic (exact) mass is 324 g/mol. The fourth-order valence-electron chi connectivity index (χ4n) is 1.45. The second kappa shape index (κ2) is 7.16. The maximum atomic E-state index is 13.0. The van der Waals surface area contributed by atoms with E-state index >= 15 is 0 Å². The van der Waals surface area contributed by atoms with E-state index in [0.29, 0.717) is 0 Å². The third kappa shape index (κ3) is 5.50. The number of hydrogen-bond donors (Lipinski definition) is 2. The predicted molar refractivity (Wildman–Crippen MR) is 68.8 cm³/mol.